The molecule has 0 aliphatic carbocycles. The zero-order valence-corrected chi connectivity index (χ0v) is 9.59. The van der Waals surface area contributed by atoms with Crippen molar-refractivity contribution < 1.29 is 0 Å². The topological polar surface area (TPSA) is 36.1 Å². The Morgan fingerprint density at radius 3 is 2.24 bits per heavy atom. The summed E-state index contributed by atoms with van der Waals surface area (Å²) in [5, 5.41) is 8.67. The van der Waals surface area contributed by atoms with E-state index >= 15 is 0 Å². The summed E-state index contributed by atoms with van der Waals surface area (Å²) in [4.78, 5) is 4.35. The van der Waals surface area contributed by atoms with E-state index in [-0.39, 0.29) is 0 Å². The molecule has 2 heteroatoms. The van der Waals surface area contributed by atoms with E-state index in [1.165, 1.54) is 5.56 Å². The van der Waals surface area contributed by atoms with Gasteiger partial charge in [0.15, 0.2) is 0 Å². The Kier molecular flexibility index (Phi) is 3.32. The molecule has 17 heavy (non-hydrogen) atoms. The summed E-state index contributed by atoms with van der Waals surface area (Å²) < 4.78 is 0. The van der Waals surface area contributed by atoms with Gasteiger partial charge in [0.25, 0.3) is 0 Å². The van der Waals surface area contributed by atoms with Gasteiger partial charge in [-0.15, -0.1) is 0 Å². The number of benzene rings is 2. The van der Waals surface area contributed by atoms with Crippen molar-refractivity contribution >= 4 is 11.9 Å². The third-order valence-electron chi connectivity index (χ3n) is 2.44. The van der Waals surface area contributed by atoms with Crippen LogP contribution in [0, 0.1) is 18.3 Å². The Morgan fingerprint density at radius 1 is 1.00 bits per heavy atom. The van der Waals surface area contributed by atoms with Gasteiger partial charge in [-0.1, -0.05) is 29.8 Å². The van der Waals surface area contributed by atoms with E-state index in [4.69, 9.17) is 5.26 Å². The molecule has 0 aliphatic heterocycles. The second-order valence-corrected chi connectivity index (χ2v) is 3.83. The standard InChI is InChI=1S/C15H12N2/c1-12-2-4-14(5-3-12)11-17-15-8-6-13(10-16)7-9-15/h2-9,11H,1H3/b17-11+. The molecule has 0 aliphatic rings. The van der Waals surface area contributed by atoms with Gasteiger partial charge in [-0.25, -0.2) is 0 Å². The molecule has 0 N–H and O–H groups in total. The molecule has 0 spiro atoms. The summed E-state index contributed by atoms with van der Waals surface area (Å²) in [5.41, 5.74) is 3.81. The zero-order chi connectivity index (χ0) is 12.1. The minimum atomic E-state index is 0.652. The molecule has 0 saturated carbocycles. The van der Waals surface area contributed by atoms with Crippen LogP contribution in [-0.2, 0) is 0 Å². The van der Waals surface area contributed by atoms with Crippen LogP contribution in [0.5, 0.6) is 0 Å². The van der Waals surface area contributed by atoms with E-state index in [1.807, 2.05) is 30.5 Å². The second-order valence-electron chi connectivity index (χ2n) is 3.83. The maximum Gasteiger partial charge on any atom is 0.0991 e. The number of nitrogens with zero attached hydrogens (tertiary/aromatic N) is 2. The third kappa shape index (κ3) is 3.02. The summed E-state index contributed by atoms with van der Waals surface area (Å²) in [6, 6.07) is 17.5. The molecule has 2 rings (SSSR count). The van der Waals surface area contributed by atoms with Crippen molar-refractivity contribution in [2.24, 2.45) is 4.99 Å². The van der Waals surface area contributed by atoms with Gasteiger partial charge >= 0.3 is 0 Å². The summed E-state index contributed by atoms with van der Waals surface area (Å²) in [6.07, 6.45) is 1.82. The first-order chi connectivity index (χ1) is 8.28. The minimum absolute atomic E-state index is 0.652. The quantitative estimate of drug-likeness (QED) is 0.712. The summed E-state index contributed by atoms with van der Waals surface area (Å²) in [7, 11) is 0. The first-order valence-corrected chi connectivity index (χ1v) is 5.39. The van der Waals surface area contributed by atoms with Crippen LogP contribution in [0.25, 0.3) is 0 Å². The van der Waals surface area contributed by atoms with Gasteiger partial charge in [0.1, 0.15) is 0 Å². The number of rotatable bonds is 2. The van der Waals surface area contributed by atoms with Crippen LogP contribution in [0.3, 0.4) is 0 Å². The molecule has 0 radical (unpaired) electrons. The van der Waals surface area contributed by atoms with Crippen LogP contribution in [0.15, 0.2) is 53.5 Å². The molecule has 0 atom stereocenters. The van der Waals surface area contributed by atoms with Crippen molar-refractivity contribution in [1.82, 2.24) is 0 Å². The highest BCUT2D eigenvalue weighted by atomic mass is 14.7. The fourth-order valence-corrected chi connectivity index (χ4v) is 1.42. The summed E-state index contributed by atoms with van der Waals surface area (Å²) >= 11 is 0. The maximum atomic E-state index is 8.67. The molecule has 0 heterocycles. The molecule has 0 amide bonds. The molecule has 82 valence electrons. The molecule has 0 fully saturated rings. The van der Waals surface area contributed by atoms with E-state index in [1.54, 1.807) is 12.1 Å². The lowest BCUT2D eigenvalue weighted by Gasteiger charge is -1.95. The Morgan fingerprint density at radius 2 is 1.65 bits per heavy atom. The fraction of sp³-hybridized carbons (Fsp3) is 0.0667. The molecular formula is C15H12N2. The Balaban J connectivity index is 2.14. The Bertz CT molecular complexity index is 557. The van der Waals surface area contributed by atoms with Gasteiger partial charge in [-0.3, -0.25) is 4.99 Å². The maximum absolute atomic E-state index is 8.67. The molecule has 0 saturated heterocycles. The van der Waals surface area contributed by atoms with E-state index in [9.17, 15) is 0 Å². The number of nitriles is 1. The molecule has 0 aromatic heterocycles. The van der Waals surface area contributed by atoms with Gasteiger partial charge in [0, 0.05) is 6.21 Å². The summed E-state index contributed by atoms with van der Waals surface area (Å²) in [6.45, 7) is 2.06. The van der Waals surface area contributed by atoms with E-state index in [0.29, 0.717) is 5.56 Å². The van der Waals surface area contributed by atoms with Crippen molar-refractivity contribution in [3.05, 3.63) is 65.2 Å². The molecule has 2 aromatic rings. The van der Waals surface area contributed by atoms with Gasteiger partial charge in [0.2, 0.25) is 0 Å². The first-order valence-electron chi connectivity index (χ1n) is 5.39. The molecule has 2 aromatic carbocycles. The smallest absolute Gasteiger partial charge is 0.0991 e. The van der Waals surface area contributed by atoms with E-state index in [2.05, 4.69) is 30.1 Å². The van der Waals surface area contributed by atoms with Crippen LogP contribution in [0.2, 0.25) is 0 Å². The van der Waals surface area contributed by atoms with Crippen molar-refractivity contribution in [3.8, 4) is 6.07 Å². The lowest BCUT2D eigenvalue weighted by Crippen LogP contribution is -1.80. The van der Waals surface area contributed by atoms with E-state index < -0.39 is 0 Å². The number of hydrogen-bond acceptors (Lipinski definition) is 2. The third-order valence-corrected chi connectivity index (χ3v) is 2.44. The molecule has 2 nitrogen and oxygen atoms in total. The van der Waals surface area contributed by atoms with Crippen LogP contribution < -0.4 is 0 Å². The van der Waals surface area contributed by atoms with Gasteiger partial charge in [0.05, 0.1) is 17.3 Å². The predicted octanol–water partition coefficient (Wildman–Crippen LogP) is 3.62. The number of aliphatic imine (C=N–C) groups is 1. The van der Waals surface area contributed by atoms with Crippen LogP contribution in [0.1, 0.15) is 16.7 Å². The molecule has 0 unspecified atom stereocenters. The summed E-state index contributed by atoms with van der Waals surface area (Å²) in [5.74, 6) is 0. The van der Waals surface area contributed by atoms with Gasteiger partial charge < -0.3 is 0 Å². The lowest BCUT2D eigenvalue weighted by molar-refractivity contribution is 1.45. The van der Waals surface area contributed by atoms with E-state index in [0.717, 1.165) is 11.3 Å². The average molecular weight is 220 g/mol. The van der Waals surface area contributed by atoms with Gasteiger partial charge in [-0.2, -0.15) is 5.26 Å². The number of hydrogen-bond donors (Lipinski definition) is 0. The molecule has 0 bridgehead atoms. The Hall–Kier alpha value is -2.40. The second kappa shape index (κ2) is 5.09. The van der Waals surface area contributed by atoms with Crippen molar-refractivity contribution in [2.45, 2.75) is 6.92 Å². The SMILES string of the molecule is Cc1ccc(/C=N/c2ccc(C#N)cc2)cc1. The zero-order valence-electron chi connectivity index (χ0n) is 9.59. The highest BCUT2D eigenvalue weighted by molar-refractivity contribution is 5.81. The largest absolute Gasteiger partial charge is 0.256 e. The first kappa shape index (κ1) is 11.1. The lowest BCUT2D eigenvalue weighted by atomic mass is 10.2. The number of aryl methyl sites for hydroxylation is 1. The molecular weight excluding hydrogens is 208 g/mol. The van der Waals surface area contributed by atoms with Crippen LogP contribution >= 0.6 is 0 Å². The monoisotopic (exact) mass is 220 g/mol. The van der Waals surface area contributed by atoms with Gasteiger partial charge in [-0.05, 0) is 36.8 Å². The van der Waals surface area contributed by atoms with Crippen molar-refractivity contribution in [1.29, 1.82) is 5.26 Å². The van der Waals surface area contributed by atoms with Crippen molar-refractivity contribution in [2.75, 3.05) is 0 Å². The Labute approximate surface area is 101 Å². The average Bonchev–Trinajstić information content (AvgIpc) is 2.39. The highest BCUT2D eigenvalue weighted by Gasteiger charge is 1.91. The van der Waals surface area contributed by atoms with Crippen LogP contribution in [-0.4, -0.2) is 6.21 Å². The fourth-order valence-electron chi connectivity index (χ4n) is 1.42. The van der Waals surface area contributed by atoms with Crippen LogP contribution in [0.4, 0.5) is 5.69 Å². The highest BCUT2D eigenvalue weighted by Crippen LogP contribution is 2.12. The predicted molar refractivity (Wildman–Crippen MR) is 69.6 cm³/mol. The minimum Gasteiger partial charge on any atom is -0.256 e. The normalized spacial score (nSPS) is 10.4. The van der Waals surface area contributed by atoms with Crippen molar-refractivity contribution in [3.63, 3.8) is 0 Å².